The van der Waals surface area contributed by atoms with E-state index < -0.39 is 0 Å². The second kappa shape index (κ2) is 7.32. The first-order chi connectivity index (χ1) is 13.7. The largest absolute Gasteiger partial charge is 0.496 e. The Balaban J connectivity index is 1.13. The van der Waals surface area contributed by atoms with Gasteiger partial charge in [0.15, 0.2) is 0 Å². The number of carbonyl (C=O) groups is 1. The summed E-state index contributed by atoms with van der Waals surface area (Å²) in [7, 11) is 1.76. The van der Waals surface area contributed by atoms with Crippen molar-refractivity contribution >= 4 is 5.91 Å². The van der Waals surface area contributed by atoms with Gasteiger partial charge in [0, 0.05) is 6.04 Å². The molecule has 0 N–H and O–H groups in total. The molecule has 5 rings (SSSR count). The van der Waals surface area contributed by atoms with Crippen molar-refractivity contribution < 1.29 is 19.0 Å². The second-order valence-electron chi connectivity index (χ2n) is 8.83. The highest BCUT2D eigenvalue weighted by Crippen LogP contribution is 2.40. The van der Waals surface area contributed by atoms with Crippen molar-refractivity contribution in [2.45, 2.75) is 36.8 Å². The van der Waals surface area contributed by atoms with Crippen LogP contribution in [0.5, 0.6) is 5.75 Å². The van der Waals surface area contributed by atoms with Gasteiger partial charge >= 0.3 is 0 Å². The molecule has 4 aliphatic heterocycles. The lowest BCUT2D eigenvalue weighted by Crippen LogP contribution is -2.65. The second-order valence-corrected chi connectivity index (χ2v) is 8.83. The van der Waals surface area contributed by atoms with E-state index in [9.17, 15) is 4.79 Å². The van der Waals surface area contributed by atoms with Gasteiger partial charge in [0.25, 0.3) is 0 Å². The molecule has 0 aliphatic carbocycles. The zero-order valence-electron chi connectivity index (χ0n) is 16.6. The van der Waals surface area contributed by atoms with Gasteiger partial charge in [0.05, 0.1) is 45.9 Å². The van der Waals surface area contributed by atoms with Crippen LogP contribution in [0.3, 0.4) is 0 Å². The van der Waals surface area contributed by atoms with Gasteiger partial charge in [-0.25, -0.2) is 0 Å². The van der Waals surface area contributed by atoms with E-state index in [1.54, 1.807) is 7.11 Å². The van der Waals surface area contributed by atoms with E-state index in [2.05, 4.69) is 23.1 Å². The number of likely N-dealkylation sites (tertiary alicyclic amines) is 2. The van der Waals surface area contributed by atoms with Crippen molar-refractivity contribution in [2.24, 2.45) is 5.92 Å². The summed E-state index contributed by atoms with van der Waals surface area (Å²) < 4.78 is 16.9. The van der Waals surface area contributed by atoms with Crippen LogP contribution in [0.25, 0.3) is 0 Å². The van der Waals surface area contributed by atoms with Gasteiger partial charge in [-0.1, -0.05) is 18.2 Å². The zero-order chi connectivity index (χ0) is 19.1. The zero-order valence-corrected chi connectivity index (χ0v) is 16.6. The molecule has 152 valence electrons. The lowest BCUT2D eigenvalue weighted by atomic mass is 9.85. The molecule has 4 fully saturated rings. The fourth-order valence-electron chi connectivity index (χ4n) is 5.30. The fourth-order valence-corrected chi connectivity index (χ4v) is 5.30. The molecular formula is C22H30N2O4. The maximum atomic E-state index is 12.3. The minimum absolute atomic E-state index is 0.0866. The summed E-state index contributed by atoms with van der Waals surface area (Å²) >= 11 is 0. The van der Waals surface area contributed by atoms with Crippen LogP contribution in [0.2, 0.25) is 0 Å². The molecule has 0 radical (unpaired) electrons. The molecule has 0 saturated carbocycles. The Morgan fingerprint density at radius 2 is 1.89 bits per heavy atom. The molecular weight excluding hydrogens is 356 g/mol. The summed E-state index contributed by atoms with van der Waals surface area (Å²) in [4.78, 5) is 16.9. The lowest BCUT2D eigenvalue weighted by molar-refractivity contribution is -0.173. The van der Waals surface area contributed by atoms with E-state index in [1.807, 2.05) is 11.0 Å². The number of methoxy groups -OCH3 is 1. The third-order valence-electron chi connectivity index (χ3n) is 7.07. The first-order valence-corrected chi connectivity index (χ1v) is 10.5. The highest BCUT2D eigenvalue weighted by atomic mass is 16.5. The highest BCUT2D eigenvalue weighted by molar-refractivity contribution is 5.81. The van der Waals surface area contributed by atoms with Crippen LogP contribution in [-0.2, 0) is 14.3 Å². The van der Waals surface area contributed by atoms with Crippen molar-refractivity contribution in [1.82, 2.24) is 9.80 Å². The molecule has 6 heteroatoms. The molecule has 1 amide bonds. The molecule has 1 aromatic rings. The van der Waals surface area contributed by atoms with Crippen molar-refractivity contribution in [2.75, 3.05) is 53.1 Å². The third kappa shape index (κ3) is 3.21. The molecule has 4 heterocycles. The van der Waals surface area contributed by atoms with Crippen LogP contribution < -0.4 is 4.74 Å². The van der Waals surface area contributed by atoms with Crippen molar-refractivity contribution in [3.05, 3.63) is 29.8 Å². The van der Waals surface area contributed by atoms with Crippen molar-refractivity contribution in [3.63, 3.8) is 0 Å². The first-order valence-electron chi connectivity index (χ1n) is 10.5. The van der Waals surface area contributed by atoms with Crippen LogP contribution in [0.1, 0.15) is 30.7 Å². The summed E-state index contributed by atoms with van der Waals surface area (Å²) in [6.07, 6.45) is 3.38. The van der Waals surface area contributed by atoms with E-state index >= 15 is 0 Å². The summed E-state index contributed by atoms with van der Waals surface area (Å²) in [5.74, 6) is 1.93. The van der Waals surface area contributed by atoms with Crippen molar-refractivity contribution in [3.8, 4) is 5.75 Å². The number of piperidine rings is 1. The minimum atomic E-state index is -0.0928. The number of hydrogen-bond donors (Lipinski definition) is 0. The molecule has 1 spiro atoms. The summed E-state index contributed by atoms with van der Waals surface area (Å²) in [5, 5.41) is 0. The topological polar surface area (TPSA) is 51.2 Å². The number of rotatable bonds is 4. The van der Waals surface area contributed by atoms with Gasteiger partial charge in [-0.15, -0.1) is 0 Å². The molecule has 1 aromatic carbocycles. The smallest absolute Gasteiger partial charge is 0.230 e. The third-order valence-corrected chi connectivity index (χ3v) is 7.07. The van der Waals surface area contributed by atoms with Crippen molar-refractivity contribution in [1.29, 1.82) is 0 Å². The lowest BCUT2D eigenvalue weighted by Gasteiger charge is -2.49. The molecule has 1 atom stereocenters. The SMILES string of the molecule is COc1ccccc1C1CCN([C@@H]2COC3(C2)CN(C(=O)C2COC2)C3)CC1. The number of ether oxygens (including phenoxy) is 3. The molecule has 4 aliphatic rings. The monoisotopic (exact) mass is 386 g/mol. The Bertz CT molecular complexity index is 721. The average molecular weight is 386 g/mol. The van der Waals surface area contributed by atoms with E-state index in [0.717, 1.165) is 57.8 Å². The Labute approximate surface area is 166 Å². The summed E-state index contributed by atoms with van der Waals surface area (Å²) in [5.41, 5.74) is 1.25. The van der Waals surface area contributed by atoms with Crippen LogP contribution >= 0.6 is 0 Å². The number of carbonyl (C=O) groups excluding carboxylic acids is 1. The molecule has 0 aromatic heterocycles. The highest BCUT2D eigenvalue weighted by Gasteiger charge is 2.53. The van der Waals surface area contributed by atoms with Gasteiger partial charge in [-0.2, -0.15) is 0 Å². The van der Waals surface area contributed by atoms with Gasteiger partial charge in [0.1, 0.15) is 11.4 Å². The average Bonchev–Trinajstić information content (AvgIpc) is 3.11. The molecule has 0 unspecified atom stereocenters. The molecule has 0 bridgehead atoms. The van der Waals surface area contributed by atoms with Gasteiger partial charge in [0.2, 0.25) is 5.91 Å². The maximum absolute atomic E-state index is 12.3. The number of benzene rings is 1. The summed E-state index contributed by atoms with van der Waals surface area (Å²) in [6, 6.07) is 8.91. The normalized spacial score (nSPS) is 28.2. The van der Waals surface area contributed by atoms with E-state index in [4.69, 9.17) is 14.2 Å². The predicted octanol–water partition coefficient (Wildman–Crippen LogP) is 1.89. The van der Waals surface area contributed by atoms with E-state index in [1.165, 1.54) is 5.56 Å². The van der Waals surface area contributed by atoms with E-state index in [0.29, 0.717) is 25.2 Å². The molecule has 4 saturated heterocycles. The van der Waals surface area contributed by atoms with Crippen LogP contribution in [-0.4, -0.2) is 80.5 Å². The molecule has 28 heavy (non-hydrogen) atoms. The van der Waals surface area contributed by atoms with Crippen LogP contribution in [0.15, 0.2) is 24.3 Å². The Morgan fingerprint density at radius 3 is 2.57 bits per heavy atom. The first kappa shape index (κ1) is 18.4. The van der Waals surface area contributed by atoms with Gasteiger partial charge in [-0.05, 0) is 49.9 Å². The Hall–Kier alpha value is -1.63. The number of hydrogen-bond acceptors (Lipinski definition) is 5. The number of amides is 1. The standard InChI is InChI=1S/C22H30N2O4/c1-26-20-5-3-2-4-19(20)16-6-8-23(9-7-16)18-10-22(28-13-18)14-24(15-22)21(25)17-11-27-12-17/h2-5,16-18H,6-15H2,1H3/t18-/m0/s1. The number of nitrogens with zero attached hydrogens (tertiary/aromatic N) is 2. The van der Waals surface area contributed by atoms with Crippen LogP contribution in [0, 0.1) is 5.92 Å². The van der Waals surface area contributed by atoms with Gasteiger partial charge in [-0.3, -0.25) is 9.69 Å². The number of para-hydroxylation sites is 1. The predicted molar refractivity (Wildman–Crippen MR) is 105 cm³/mol. The Morgan fingerprint density at radius 1 is 1.14 bits per heavy atom. The fraction of sp³-hybridized carbons (Fsp3) is 0.682. The van der Waals surface area contributed by atoms with E-state index in [-0.39, 0.29) is 17.4 Å². The Kier molecular flexibility index (Phi) is 4.81. The maximum Gasteiger partial charge on any atom is 0.230 e. The quantitative estimate of drug-likeness (QED) is 0.791. The minimum Gasteiger partial charge on any atom is -0.496 e. The summed E-state index contributed by atoms with van der Waals surface area (Å²) in [6.45, 7) is 5.71. The van der Waals surface area contributed by atoms with Gasteiger partial charge < -0.3 is 19.1 Å². The molecule has 6 nitrogen and oxygen atoms in total. The van der Waals surface area contributed by atoms with Crippen LogP contribution in [0.4, 0.5) is 0 Å².